The van der Waals surface area contributed by atoms with Gasteiger partial charge in [0.25, 0.3) is 0 Å². The predicted molar refractivity (Wildman–Crippen MR) is 53.4 cm³/mol. The minimum absolute atomic E-state index is 0.170. The standard InChI is InChI=1S/C10H9NOS/c11-7-9(6-10(12)13)8-4-2-1-3-5-8/h1-5,9H,6H2,(H,12,13). The molecule has 0 heterocycles. The highest BCUT2D eigenvalue weighted by atomic mass is 32.1. The zero-order chi connectivity index (χ0) is 9.68. The quantitative estimate of drug-likeness (QED) is 0.743. The van der Waals surface area contributed by atoms with Crippen LogP contribution in [0, 0.1) is 11.3 Å². The van der Waals surface area contributed by atoms with Gasteiger partial charge in [-0.05, 0) is 5.56 Å². The van der Waals surface area contributed by atoms with Gasteiger partial charge in [0.05, 0.1) is 12.0 Å². The van der Waals surface area contributed by atoms with Gasteiger partial charge in [-0.25, -0.2) is 0 Å². The van der Waals surface area contributed by atoms with E-state index < -0.39 is 0 Å². The number of hydrogen-bond donors (Lipinski definition) is 1. The van der Waals surface area contributed by atoms with Crippen LogP contribution < -0.4 is 0 Å². The van der Waals surface area contributed by atoms with Gasteiger partial charge in [-0.2, -0.15) is 5.26 Å². The lowest BCUT2D eigenvalue weighted by Gasteiger charge is -2.05. The summed E-state index contributed by atoms with van der Waals surface area (Å²) >= 11 is 3.65. The van der Waals surface area contributed by atoms with Crippen molar-refractivity contribution in [3.8, 4) is 6.07 Å². The van der Waals surface area contributed by atoms with Gasteiger partial charge in [-0.1, -0.05) is 30.3 Å². The number of benzene rings is 1. The summed E-state index contributed by atoms with van der Waals surface area (Å²) in [5.74, 6) is -0.369. The van der Waals surface area contributed by atoms with Crippen LogP contribution in [0.15, 0.2) is 30.3 Å². The van der Waals surface area contributed by atoms with E-state index in [4.69, 9.17) is 5.26 Å². The fraction of sp³-hybridized carbons (Fsp3) is 0.200. The Bertz CT molecular complexity index is 329. The van der Waals surface area contributed by atoms with Gasteiger partial charge in [0.2, 0.25) is 0 Å². The topological polar surface area (TPSA) is 40.9 Å². The molecule has 0 spiro atoms. The molecule has 1 atom stereocenters. The second-order valence-electron chi connectivity index (χ2n) is 2.69. The second-order valence-corrected chi connectivity index (χ2v) is 3.19. The van der Waals surface area contributed by atoms with Crippen LogP contribution in [-0.2, 0) is 4.79 Å². The van der Waals surface area contributed by atoms with Gasteiger partial charge in [0, 0.05) is 6.42 Å². The van der Waals surface area contributed by atoms with Crippen LogP contribution >= 0.6 is 12.6 Å². The fourth-order valence-corrected chi connectivity index (χ4v) is 1.28. The molecule has 1 unspecified atom stereocenters. The van der Waals surface area contributed by atoms with Crippen LogP contribution in [0.4, 0.5) is 0 Å². The third kappa shape index (κ3) is 2.92. The van der Waals surface area contributed by atoms with Gasteiger partial charge in [0.1, 0.15) is 0 Å². The Morgan fingerprint density at radius 1 is 1.46 bits per heavy atom. The van der Waals surface area contributed by atoms with Crippen molar-refractivity contribution in [2.75, 3.05) is 0 Å². The third-order valence-corrected chi connectivity index (χ3v) is 1.92. The van der Waals surface area contributed by atoms with Gasteiger partial charge in [0.15, 0.2) is 5.12 Å². The molecule has 13 heavy (non-hydrogen) atoms. The van der Waals surface area contributed by atoms with E-state index in [-0.39, 0.29) is 17.5 Å². The lowest BCUT2D eigenvalue weighted by molar-refractivity contribution is -0.110. The first-order chi connectivity index (χ1) is 6.24. The molecule has 0 aromatic heterocycles. The molecule has 1 aromatic carbocycles. The maximum absolute atomic E-state index is 10.7. The fourth-order valence-electron chi connectivity index (χ4n) is 1.10. The predicted octanol–water partition coefficient (Wildman–Crippen LogP) is 2.14. The van der Waals surface area contributed by atoms with Crippen LogP contribution in [0.3, 0.4) is 0 Å². The van der Waals surface area contributed by atoms with Gasteiger partial charge >= 0.3 is 0 Å². The smallest absolute Gasteiger partial charge is 0.187 e. The van der Waals surface area contributed by atoms with Gasteiger partial charge in [-0.3, -0.25) is 4.79 Å². The number of carbonyl (C=O) groups excluding carboxylic acids is 1. The van der Waals surface area contributed by atoms with Crippen LogP contribution in [0.1, 0.15) is 17.9 Å². The molecule has 0 N–H and O–H groups in total. The highest BCUT2D eigenvalue weighted by Gasteiger charge is 2.12. The lowest BCUT2D eigenvalue weighted by Crippen LogP contribution is -1.99. The number of nitrogens with zero attached hydrogens (tertiary/aromatic N) is 1. The average Bonchev–Trinajstić information content (AvgIpc) is 2.15. The number of carbonyl (C=O) groups is 1. The number of nitriles is 1. The summed E-state index contributed by atoms with van der Waals surface area (Å²) in [4.78, 5) is 10.7. The molecule has 0 aliphatic rings. The molecular formula is C10H9NOS. The molecule has 2 nitrogen and oxygen atoms in total. The van der Waals surface area contributed by atoms with Crippen molar-refractivity contribution >= 4 is 17.7 Å². The Kier molecular flexibility index (Phi) is 3.53. The van der Waals surface area contributed by atoms with Crippen molar-refractivity contribution in [2.45, 2.75) is 12.3 Å². The van der Waals surface area contributed by atoms with Crippen molar-refractivity contribution in [1.29, 1.82) is 5.26 Å². The third-order valence-electron chi connectivity index (χ3n) is 1.74. The van der Waals surface area contributed by atoms with Gasteiger partial charge < -0.3 is 0 Å². The zero-order valence-electron chi connectivity index (χ0n) is 6.97. The van der Waals surface area contributed by atoms with Gasteiger partial charge in [-0.15, -0.1) is 12.6 Å². The van der Waals surface area contributed by atoms with E-state index in [0.29, 0.717) is 0 Å². The van der Waals surface area contributed by atoms with Crippen molar-refractivity contribution < 1.29 is 4.79 Å². The highest BCUT2D eigenvalue weighted by Crippen LogP contribution is 2.19. The SMILES string of the molecule is N#CC(CC(=O)S)c1ccccc1. The van der Waals surface area contributed by atoms with Crippen LogP contribution in [-0.4, -0.2) is 5.12 Å². The molecule has 0 saturated heterocycles. The van der Waals surface area contributed by atoms with Crippen LogP contribution in [0.5, 0.6) is 0 Å². The summed E-state index contributed by atoms with van der Waals surface area (Å²) in [5.41, 5.74) is 0.868. The van der Waals surface area contributed by atoms with E-state index in [9.17, 15) is 4.79 Å². The highest BCUT2D eigenvalue weighted by molar-refractivity contribution is 7.96. The first-order valence-corrected chi connectivity index (χ1v) is 4.35. The largest absolute Gasteiger partial charge is 0.287 e. The van der Waals surface area contributed by atoms with E-state index in [1.54, 1.807) is 0 Å². The minimum Gasteiger partial charge on any atom is -0.287 e. The molecule has 0 radical (unpaired) electrons. The summed E-state index contributed by atoms with van der Waals surface area (Å²) in [6.07, 6.45) is 0.170. The maximum Gasteiger partial charge on any atom is 0.187 e. The zero-order valence-corrected chi connectivity index (χ0v) is 7.87. The summed E-state index contributed by atoms with van der Waals surface area (Å²) in [7, 11) is 0. The molecule has 0 amide bonds. The molecule has 1 rings (SSSR count). The molecule has 0 bridgehead atoms. The first-order valence-electron chi connectivity index (χ1n) is 3.90. The molecule has 66 valence electrons. The summed E-state index contributed by atoms with van der Waals surface area (Å²) in [6.45, 7) is 0. The average molecular weight is 191 g/mol. The van der Waals surface area contributed by atoms with Crippen molar-refractivity contribution in [3.63, 3.8) is 0 Å². The van der Waals surface area contributed by atoms with Crippen molar-refractivity contribution in [3.05, 3.63) is 35.9 Å². The Morgan fingerprint density at radius 2 is 2.08 bits per heavy atom. The van der Waals surface area contributed by atoms with Crippen molar-refractivity contribution in [1.82, 2.24) is 0 Å². The van der Waals surface area contributed by atoms with Crippen LogP contribution in [0.2, 0.25) is 0 Å². The first kappa shape index (κ1) is 9.82. The van der Waals surface area contributed by atoms with Crippen molar-refractivity contribution in [2.24, 2.45) is 0 Å². The number of hydrogen-bond acceptors (Lipinski definition) is 2. The van der Waals surface area contributed by atoms with E-state index >= 15 is 0 Å². The molecule has 0 fully saturated rings. The van der Waals surface area contributed by atoms with E-state index in [0.717, 1.165) is 5.56 Å². The van der Waals surface area contributed by atoms with E-state index in [1.807, 2.05) is 30.3 Å². The summed E-state index contributed by atoms with van der Waals surface area (Å²) < 4.78 is 0. The molecule has 0 aliphatic heterocycles. The normalized spacial score (nSPS) is 11.7. The minimum atomic E-state index is -0.369. The number of rotatable bonds is 3. The maximum atomic E-state index is 10.7. The lowest BCUT2D eigenvalue weighted by atomic mass is 9.98. The molecule has 0 saturated carbocycles. The molecule has 3 heteroatoms. The summed E-state index contributed by atoms with van der Waals surface area (Å²) in [6, 6.07) is 11.3. The van der Waals surface area contributed by atoms with E-state index in [2.05, 4.69) is 18.7 Å². The molecular weight excluding hydrogens is 182 g/mol. The monoisotopic (exact) mass is 191 g/mol. The van der Waals surface area contributed by atoms with E-state index in [1.165, 1.54) is 0 Å². The molecule has 0 aliphatic carbocycles. The Labute approximate surface area is 82.6 Å². The second kappa shape index (κ2) is 4.68. The molecule has 1 aromatic rings. The Balaban J connectivity index is 2.80. The number of thiol groups is 1. The summed E-state index contributed by atoms with van der Waals surface area (Å²) in [5, 5.41) is 8.54. The Morgan fingerprint density at radius 3 is 2.54 bits per heavy atom. The Hall–Kier alpha value is -1.27. The van der Waals surface area contributed by atoms with Crippen LogP contribution in [0.25, 0.3) is 0 Å².